The van der Waals surface area contributed by atoms with E-state index in [1.165, 1.54) is 0 Å². The third-order valence-electron chi connectivity index (χ3n) is 5.97. The molecule has 2 heterocycles. The van der Waals surface area contributed by atoms with Crippen LogP contribution in [0.4, 0.5) is 5.95 Å². The number of amides is 1. The van der Waals surface area contributed by atoms with Crippen LogP contribution in [0.3, 0.4) is 0 Å². The highest BCUT2D eigenvalue weighted by Gasteiger charge is 2.43. The van der Waals surface area contributed by atoms with Crippen LogP contribution >= 0.6 is 0 Å². The van der Waals surface area contributed by atoms with Gasteiger partial charge in [-0.2, -0.15) is 0 Å². The van der Waals surface area contributed by atoms with Gasteiger partial charge in [0.2, 0.25) is 18.6 Å². The van der Waals surface area contributed by atoms with Crippen molar-refractivity contribution in [3.8, 4) is 11.5 Å². The molecule has 7 nitrogen and oxygen atoms in total. The van der Waals surface area contributed by atoms with E-state index in [4.69, 9.17) is 14.5 Å². The van der Waals surface area contributed by atoms with Gasteiger partial charge in [-0.15, -0.1) is 0 Å². The first-order valence-corrected chi connectivity index (χ1v) is 10.4. The first-order valence-electron chi connectivity index (χ1n) is 10.4. The molecule has 1 unspecified atom stereocenters. The van der Waals surface area contributed by atoms with E-state index >= 15 is 0 Å². The number of nitrogens with zero attached hydrogens (tertiary/aromatic N) is 2. The smallest absolute Gasteiger partial charge is 0.232 e. The summed E-state index contributed by atoms with van der Waals surface area (Å²) in [4.78, 5) is 22.3. The Hall–Kier alpha value is -3.61. The lowest BCUT2D eigenvalue weighted by molar-refractivity contribution is -0.126. The standard InChI is InChI=1S/C24H24N4O3/c1-24(22(29)25-13-17-7-8-19-20(11-17)31-15-30-19)10-9-18-14-27-23(28-21(18)24)26-12-16-5-3-2-4-6-16/h2-8,11,14H,9-10,12-13,15H2,1H3,(H,25,29)(H,26,27,28). The quantitative estimate of drug-likeness (QED) is 0.641. The van der Waals surface area contributed by atoms with E-state index in [-0.39, 0.29) is 12.7 Å². The van der Waals surface area contributed by atoms with E-state index in [2.05, 4.69) is 15.6 Å². The summed E-state index contributed by atoms with van der Waals surface area (Å²) >= 11 is 0. The van der Waals surface area contributed by atoms with Crippen molar-refractivity contribution >= 4 is 11.9 Å². The first kappa shape index (κ1) is 19.4. The summed E-state index contributed by atoms with van der Waals surface area (Å²) in [6.45, 7) is 3.25. The molecule has 158 valence electrons. The van der Waals surface area contributed by atoms with Crippen molar-refractivity contribution in [3.05, 3.63) is 77.1 Å². The van der Waals surface area contributed by atoms with Crippen molar-refractivity contribution in [3.63, 3.8) is 0 Å². The number of carbonyl (C=O) groups excluding carboxylic acids is 1. The maximum atomic E-state index is 13.2. The van der Waals surface area contributed by atoms with Gasteiger partial charge in [0.1, 0.15) is 0 Å². The Morgan fingerprint density at radius 3 is 2.77 bits per heavy atom. The van der Waals surface area contributed by atoms with Gasteiger partial charge in [0.25, 0.3) is 0 Å². The van der Waals surface area contributed by atoms with Crippen molar-refractivity contribution < 1.29 is 14.3 Å². The van der Waals surface area contributed by atoms with E-state index in [0.29, 0.717) is 31.2 Å². The molecule has 1 aliphatic heterocycles. The number of rotatable bonds is 6. The van der Waals surface area contributed by atoms with E-state index < -0.39 is 5.41 Å². The van der Waals surface area contributed by atoms with Crippen molar-refractivity contribution in [2.45, 2.75) is 38.3 Å². The lowest BCUT2D eigenvalue weighted by atomic mass is 9.86. The third kappa shape index (κ3) is 3.79. The van der Waals surface area contributed by atoms with Gasteiger partial charge >= 0.3 is 0 Å². The van der Waals surface area contributed by atoms with Gasteiger partial charge in [-0.3, -0.25) is 4.79 Å². The fourth-order valence-corrected chi connectivity index (χ4v) is 4.08. The highest BCUT2D eigenvalue weighted by molar-refractivity contribution is 5.88. The molecule has 2 aliphatic rings. The van der Waals surface area contributed by atoms with Gasteiger partial charge in [-0.05, 0) is 48.6 Å². The summed E-state index contributed by atoms with van der Waals surface area (Å²) < 4.78 is 10.8. The summed E-state index contributed by atoms with van der Waals surface area (Å²) in [5.74, 6) is 1.96. The molecular formula is C24H24N4O3. The average Bonchev–Trinajstić information content (AvgIpc) is 3.41. The molecule has 1 aliphatic carbocycles. The van der Waals surface area contributed by atoms with Crippen LogP contribution in [0, 0.1) is 0 Å². The molecule has 1 atom stereocenters. The van der Waals surface area contributed by atoms with E-state index in [1.807, 2.05) is 61.7 Å². The number of anilines is 1. The Balaban J connectivity index is 1.28. The predicted octanol–water partition coefficient (Wildman–Crippen LogP) is 3.34. The second-order valence-corrected chi connectivity index (χ2v) is 8.11. The van der Waals surface area contributed by atoms with E-state index in [1.54, 1.807) is 0 Å². The normalized spacial score (nSPS) is 18.5. The summed E-state index contributed by atoms with van der Waals surface area (Å²) in [5.41, 5.74) is 3.27. The number of hydrogen-bond donors (Lipinski definition) is 2. The molecule has 3 aromatic rings. The zero-order valence-electron chi connectivity index (χ0n) is 17.4. The van der Waals surface area contributed by atoms with Crippen LogP contribution in [0.15, 0.2) is 54.7 Å². The Kier molecular flexibility index (Phi) is 4.94. The number of ether oxygens (including phenoxy) is 2. The van der Waals surface area contributed by atoms with Crippen molar-refractivity contribution in [1.29, 1.82) is 0 Å². The van der Waals surface area contributed by atoms with Gasteiger partial charge in [-0.1, -0.05) is 36.4 Å². The van der Waals surface area contributed by atoms with Gasteiger partial charge in [-0.25, -0.2) is 9.97 Å². The number of hydrogen-bond acceptors (Lipinski definition) is 6. The summed E-state index contributed by atoms with van der Waals surface area (Å²) in [7, 11) is 0. The number of fused-ring (bicyclic) bond motifs is 2. The topological polar surface area (TPSA) is 85.4 Å². The second kappa shape index (κ2) is 7.91. The van der Waals surface area contributed by atoms with Crippen molar-refractivity contribution in [1.82, 2.24) is 15.3 Å². The van der Waals surface area contributed by atoms with Crippen LogP contribution < -0.4 is 20.1 Å². The molecule has 0 spiro atoms. The fraction of sp³-hybridized carbons (Fsp3) is 0.292. The zero-order chi connectivity index (χ0) is 21.3. The lowest BCUT2D eigenvalue weighted by Gasteiger charge is -2.23. The SMILES string of the molecule is CC1(C(=O)NCc2ccc3c(c2)OCO3)CCc2cnc(NCc3ccccc3)nc21. The fourth-order valence-electron chi connectivity index (χ4n) is 4.08. The minimum absolute atomic E-state index is 0.0309. The van der Waals surface area contributed by atoms with Crippen LogP contribution in [0.25, 0.3) is 0 Å². The number of benzene rings is 2. The van der Waals surface area contributed by atoms with Crippen molar-refractivity contribution in [2.75, 3.05) is 12.1 Å². The van der Waals surface area contributed by atoms with Gasteiger partial charge in [0, 0.05) is 19.3 Å². The minimum atomic E-state index is -0.683. The number of aryl methyl sites for hydroxylation is 1. The molecule has 0 fully saturated rings. The summed E-state index contributed by atoms with van der Waals surface area (Å²) in [6.07, 6.45) is 3.35. The number of nitrogens with one attached hydrogen (secondary N) is 2. The first-order chi connectivity index (χ1) is 15.1. The van der Waals surface area contributed by atoms with Crippen LogP contribution in [0.1, 0.15) is 35.7 Å². The van der Waals surface area contributed by atoms with Crippen LogP contribution in [0.2, 0.25) is 0 Å². The maximum Gasteiger partial charge on any atom is 0.232 e. The van der Waals surface area contributed by atoms with Crippen LogP contribution in [-0.2, 0) is 29.7 Å². The molecule has 1 aromatic heterocycles. The lowest BCUT2D eigenvalue weighted by Crippen LogP contribution is -2.41. The molecular weight excluding hydrogens is 392 g/mol. The number of carbonyl (C=O) groups is 1. The summed E-state index contributed by atoms with van der Waals surface area (Å²) in [6, 6.07) is 15.8. The monoisotopic (exact) mass is 416 g/mol. The Morgan fingerprint density at radius 1 is 1.06 bits per heavy atom. The Labute approximate surface area is 180 Å². The molecule has 0 saturated heterocycles. The molecule has 2 aromatic carbocycles. The molecule has 0 saturated carbocycles. The molecule has 5 rings (SSSR count). The summed E-state index contributed by atoms with van der Waals surface area (Å²) in [5, 5.41) is 6.34. The van der Waals surface area contributed by atoms with Crippen LogP contribution in [0.5, 0.6) is 11.5 Å². The second-order valence-electron chi connectivity index (χ2n) is 8.11. The maximum absolute atomic E-state index is 13.2. The van der Waals surface area contributed by atoms with E-state index in [9.17, 15) is 4.79 Å². The molecule has 31 heavy (non-hydrogen) atoms. The highest BCUT2D eigenvalue weighted by atomic mass is 16.7. The van der Waals surface area contributed by atoms with Crippen LogP contribution in [-0.4, -0.2) is 22.7 Å². The Bertz CT molecular complexity index is 1120. The average molecular weight is 416 g/mol. The van der Waals surface area contributed by atoms with E-state index in [0.717, 1.165) is 34.6 Å². The molecule has 2 N–H and O–H groups in total. The highest BCUT2D eigenvalue weighted by Crippen LogP contribution is 2.38. The molecule has 0 bridgehead atoms. The molecule has 1 amide bonds. The van der Waals surface area contributed by atoms with Gasteiger partial charge in [0.05, 0.1) is 11.1 Å². The zero-order valence-corrected chi connectivity index (χ0v) is 17.4. The van der Waals surface area contributed by atoms with Gasteiger partial charge in [0.15, 0.2) is 11.5 Å². The number of aromatic nitrogens is 2. The molecule has 7 heteroatoms. The third-order valence-corrected chi connectivity index (χ3v) is 5.97. The van der Waals surface area contributed by atoms with Gasteiger partial charge < -0.3 is 20.1 Å². The molecule has 0 radical (unpaired) electrons. The minimum Gasteiger partial charge on any atom is -0.454 e. The van der Waals surface area contributed by atoms with Crippen molar-refractivity contribution in [2.24, 2.45) is 0 Å². The predicted molar refractivity (Wildman–Crippen MR) is 116 cm³/mol. The largest absolute Gasteiger partial charge is 0.454 e. The Morgan fingerprint density at radius 2 is 1.90 bits per heavy atom.